The maximum Gasteiger partial charge on any atom is 0.256 e. The zero-order valence-electron chi connectivity index (χ0n) is 9.32. The highest BCUT2D eigenvalue weighted by molar-refractivity contribution is 9.10. The Kier molecular flexibility index (Phi) is 3.59. The van der Waals surface area contributed by atoms with Gasteiger partial charge in [0, 0.05) is 18.8 Å². The molecule has 0 spiro atoms. The number of carbonyl (C=O) groups is 1. The van der Waals surface area contributed by atoms with Crippen LogP contribution in [0.15, 0.2) is 22.9 Å². The van der Waals surface area contributed by atoms with Gasteiger partial charge in [-0.15, -0.1) is 0 Å². The predicted molar refractivity (Wildman–Crippen MR) is 66.3 cm³/mol. The van der Waals surface area contributed by atoms with E-state index in [1.165, 1.54) is 0 Å². The van der Waals surface area contributed by atoms with Crippen LogP contribution in [0.4, 0.5) is 0 Å². The number of pyridine rings is 1. The topological polar surface area (TPSA) is 33.2 Å². The van der Waals surface area contributed by atoms with E-state index in [4.69, 9.17) is 0 Å². The minimum absolute atomic E-state index is 0.101. The fraction of sp³-hybridized carbons (Fsp3) is 0.500. The zero-order valence-corrected chi connectivity index (χ0v) is 10.9. The summed E-state index contributed by atoms with van der Waals surface area (Å²) in [5.41, 5.74) is 0.669. The Morgan fingerprint density at radius 2 is 2.38 bits per heavy atom. The fourth-order valence-electron chi connectivity index (χ4n) is 1.78. The summed E-state index contributed by atoms with van der Waals surface area (Å²) < 4.78 is 0.641. The first-order valence-corrected chi connectivity index (χ1v) is 6.44. The third-order valence-electron chi connectivity index (χ3n) is 2.70. The Morgan fingerprint density at radius 1 is 1.62 bits per heavy atom. The molecule has 0 aliphatic heterocycles. The minimum Gasteiger partial charge on any atom is -0.336 e. The number of rotatable bonds is 4. The van der Waals surface area contributed by atoms with Crippen LogP contribution < -0.4 is 0 Å². The van der Waals surface area contributed by atoms with Crippen molar-refractivity contribution in [3.05, 3.63) is 28.5 Å². The van der Waals surface area contributed by atoms with Crippen molar-refractivity contribution in [3.8, 4) is 0 Å². The van der Waals surface area contributed by atoms with Crippen LogP contribution in [0, 0.1) is 0 Å². The lowest BCUT2D eigenvalue weighted by molar-refractivity contribution is 0.0741. The molecule has 0 unspecified atom stereocenters. The minimum atomic E-state index is 0.101. The molecule has 2 rings (SSSR count). The van der Waals surface area contributed by atoms with Crippen molar-refractivity contribution in [2.45, 2.75) is 32.2 Å². The smallest absolute Gasteiger partial charge is 0.256 e. The van der Waals surface area contributed by atoms with Crippen LogP contribution in [0.1, 0.15) is 36.5 Å². The van der Waals surface area contributed by atoms with Gasteiger partial charge in [-0.3, -0.25) is 4.79 Å². The molecule has 1 heterocycles. The van der Waals surface area contributed by atoms with Crippen molar-refractivity contribution in [2.24, 2.45) is 0 Å². The molecule has 16 heavy (non-hydrogen) atoms. The molecule has 0 saturated heterocycles. The van der Waals surface area contributed by atoms with Crippen LogP contribution in [0.25, 0.3) is 0 Å². The molecule has 0 radical (unpaired) electrons. The van der Waals surface area contributed by atoms with Crippen molar-refractivity contribution in [1.82, 2.24) is 9.88 Å². The average Bonchev–Trinajstić information content (AvgIpc) is 3.09. The largest absolute Gasteiger partial charge is 0.336 e. The summed E-state index contributed by atoms with van der Waals surface area (Å²) in [6.45, 7) is 2.94. The van der Waals surface area contributed by atoms with Crippen LogP contribution in [0.5, 0.6) is 0 Å². The summed E-state index contributed by atoms with van der Waals surface area (Å²) in [5.74, 6) is 0.101. The van der Waals surface area contributed by atoms with E-state index in [1.807, 2.05) is 11.0 Å². The second-order valence-corrected chi connectivity index (χ2v) is 4.82. The normalized spacial score (nSPS) is 14.9. The Hall–Kier alpha value is -0.900. The number of halogens is 1. The summed E-state index contributed by atoms with van der Waals surface area (Å²) in [6.07, 6.45) is 4.97. The first kappa shape index (κ1) is 11.6. The van der Waals surface area contributed by atoms with Gasteiger partial charge < -0.3 is 4.90 Å². The fourth-order valence-corrected chi connectivity index (χ4v) is 2.20. The Bertz CT molecular complexity index is 390. The molecular weight excluding hydrogens is 268 g/mol. The van der Waals surface area contributed by atoms with Gasteiger partial charge in [-0.25, -0.2) is 4.98 Å². The predicted octanol–water partition coefficient (Wildman–Crippen LogP) is 2.86. The van der Waals surface area contributed by atoms with E-state index in [2.05, 4.69) is 27.8 Å². The molecule has 1 fully saturated rings. The van der Waals surface area contributed by atoms with E-state index < -0.39 is 0 Å². The molecule has 1 aliphatic carbocycles. The van der Waals surface area contributed by atoms with Gasteiger partial charge in [0.25, 0.3) is 5.91 Å². The molecule has 0 aromatic carbocycles. The lowest BCUT2D eigenvalue weighted by Gasteiger charge is -2.22. The lowest BCUT2D eigenvalue weighted by Crippen LogP contribution is -2.34. The standard InChI is InChI=1S/C12H15BrN2O/c1-2-8-15(9-5-6-9)12(16)10-4-3-7-14-11(10)13/h3-4,7,9H,2,5-6,8H2,1H3. The second-order valence-electron chi connectivity index (χ2n) is 4.07. The monoisotopic (exact) mass is 282 g/mol. The molecule has 3 nitrogen and oxygen atoms in total. The first-order valence-electron chi connectivity index (χ1n) is 5.65. The maximum atomic E-state index is 12.3. The second kappa shape index (κ2) is 4.95. The van der Waals surface area contributed by atoms with Crippen LogP contribution >= 0.6 is 15.9 Å². The van der Waals surface area contributed by atoms with Crippen LogP contribution in [-0.2, 0) is 0 Å². The summed E-state index contributed by atoms with van der Waals surface area (Å²) in [7, 11) is 0. The molecule has 86 valence electrons. The number of carbonyl (C=O) groups excluding carboxylic acids is 1. The molecule has 0 N–H and O–H groups in total. The third kappa shape index (κ3) is 2.43. The van der Waals surface area contributed by atoms with Crippen molar-refractivity contribution < 1.29 is 4.79 Å². The number of hydrogen-bond donors (Lipinski definition) is 0. The van der Waals surface area contributed by atoms with E-state index >= 15 is 0 Å². The van der Waals surface area contributed by atoms with Crippen molar-refractivity contribution in [2.75, 3.05) is 6.54 Å². The van der Waals surface area contributed by atoms with E-state index in [0.717, 1.165) is 25.8 Å². The molecule has 1 saturated carbocycles. The SMILES string of the molecule is CCCN(C(=O)c1cccnc1Br)C1CC1. The maximum absolute atomic E-state index is 12.3. The Balaban J connectivity index is 2.19. The first-order chi connectivity index (χ1) is 7.74. The highest BCUT2D eigenvalue weighted by Gasteiger charge is 2.33. The van der Waals surface area contributed by atoms with Gasteiger partial charge in [-0.05, 0) is 47.3 Å². The van der Waals surface area contributed by atoms with Crippen LogP contribution in [0.3, 0.4) is 0 Å². The Morgan fingerprint density at radius 3 is 2.94 bits per heavy atom. The quantitative estimate of drug-likeness (QED) is 0.796. The van der Waals surface area contributed by atoms with E-state index in [9.17, 15) is 4.79 Å². The summed E-state index contributed by atoms with van der Waals surface area (Å²) in [6, 6.07) is 4.08. The van der Waals surface area contributed by atoms with Crippen LogP contribution in [0.2, 0.25) is 0 Å². The van der Waals surface area contributed by atoms with Gasteiger partial charge in [0.05, 0.1) is 5.56 Å². The number of nitrogens with zero attached hydrogens (tertiary/aromatic N) is 2. The van der Waals surface area contributed by atoms with E-state index in [1.54, 1.807) is 12.3 Å². The molecule has 4 heteroatoms. The van der Waals surface area contributed by atoms with E-state index in [0.29, 0.717) is 16.2 Å². The van der Waals surface area contributed by atoms with Gasteiger partial charge >= 0.3 is 0 Å². The van der Waals surface area contributed by atoms with Gasteiger partial charge in [0.1, 0.15) is 4.60 Å². The molecule has 1 aliphatic rings. The van der Waals surface area contributed by atoms with E-state index in [-0.39, 0.29) is 5.91 Å². The number of amides is 1. The van der Waals surface area contributed by atoms with Gasteiger partial charge in [0.2, 0.25) is 0 Å². The van der Waals surface area contributed by atoms with Gasteiger partial charge in [-0.2, -0.15) is 0 Å². The molecule has 1 amide bonds. The average molecular weight is 283 g/mol. The summed E-state index contributed by atoms with van der Waals surface area (Å²) in [5, 5.41) is 0. The van der Waals surface area contributed by atoms with Crippen molar-refractivity contribution >= 4 is 21.8 Å². The highest BCUT2D eigenvalue weighted by atomic mass is 79.9. The molecule has 0 bridgehead atoms. The van der Waals surface area contributed by atoms with Crippen molar-refractivity contribution in [1.29, 1.82) is 0 Å². The summed E-state index contributed by atoms with van der Waals surface area (Å²) >= 11 is 3.33. The molecular formula is C12H15BrN2O. The van der Waals surface area contributed by atoms with Gasteiger partial charge in [-0.1, -0.05) is 6.92 Å². The number of aromatic nitrogens is 1. The number of hydrogen-bond acceptors (Lipinski definition) is 2. The van der Waals surface area contributed by atoms with Crippen molar-refractivity contribution in [3.63, 3.8) is 0 Å². The highest BCUT2D eigenvalue weighted by Crippen LogP contribution is 2.29. The van der Waals surface area contributed by atoms with Gasteiger partial charge in [0.15, 0.2) is 0 Å². The third-order valence-corrected chi connectivity index (χ3v) is 3.33. The zero-order chi connectivity index (χ0) is 11.5. The van der Waals surface area contributed by atoms with Crippen LogP contribution in [-0.4, -0.2) is 28.4 Å². The Labute approximate surface area is 104 Å². The molecule has 0 atom stereocenters. The molecule has 1 aromatic rings. The summed E-state index contributed by atoms with van der Waals surface area (Å²) in [4.78, 5) is 18.4. The molecule has 1 aromatic heterocycles. The lowest BCUT2D eigenvalue weighted by atomic mass is 10.2.